The normalized spacial score (nSPS) is 27.5. The second-order valence-corrected chi connectivity index (χ2v) is 12.4. The second-order valence-electron chi connectivity index (χ2n) is 12.4. The second kappa shape index (κ2) is 8.77. The number of hydrogen-bond donors (Lipinski definition) is 1. The maximum Gasteiger partial charge on any atom is 0.270 e. The van der Waals surface area contributed by atoms with Crippen LogP contribution >= 0.6 is 0 Å². The van der Waals surface area contributed by atoms with Crippen molar-refractivity contribution in [1.29, 1.82) is 5.26 Å². The predicted molar refractivity (Wildman–Crippen MR) is 155 cm³/mol. The molecule has 3 aromatic rings. The molecule has 8 rings (SSSR count). The number of hydrogen-bond acceptors (Lipinski definition) is 6. The zero-order chi connectivity index (χ0) is 28.0. The van der Waals surface area contributed by atoms with Gasteiger partial charge in [0.15, 0.2) is 11.5 Å². The van der Waals surface area contributed by atoms with E-state index in [4.69, 9.17) is 14.7 Å². The monoisotopic (exact) mass is 549 g/mol. The van der Waals surface area contributed by atoms with Gasteiger partial charge in [0.25, 0.3) is 5.91 Å². The molecule has 4 heterocycles. The fourth-order valence-corrected chi connectivity index (χ4v) is 8.72. The van der Waals surface area contributed by atoms with Gasteiger partial charge in [-0.25, -0.2) is 0 Å². The first-order chi connectivity index (χ1) is 19.9. The van der Waals surface area contributed by atoms with Gasteiger partial charge in [-0.3, -0.25) is 4.79 Å². The van der Waals surface area contributed by atoms with Crippen molar-refractivity contribution < 1.29 is 14.3 Å². The van der Waals surface area contributed by atoms with Crippen LogP contribution in [0.4, 0.5) is 5.69 Å². The maximum absolute atomic E-state index is 14.0. The van der Waals surface area contributed by atoms with E-state index in [1.165, 1.54) is 16.7 Å². The lowest BCUT2D eigenvalue weighted by Gasteiger charge is -2.57. The summed E-state index contributed by atoms with van der Waals surface area (Å²) >= 11 is 0. The number of nitriles is 1. The molecule has 1 amide bonds. The minimum absolute atomic E-state index is 0.0747. The quantitative estimate of drug-likeness (QED) is 0.532. The van der Waals surface area contributed by atoms with Gasteiger partial charge in [-0.2, -0.15) is 5.26 Å². The number of nitrogens with zero attached hydrogens (tertiary/aromatic N) is 4. The van der Waals surface area contributed by atoms with E-state index in [0.29, 0.717) is 36.3 Å². The molecule has 1 aromatic heterocycles. The summed E-state index contributed by atoms with van der Waals surface area (Å²) in [6.45, 7) is 6.01. The largest absolute Gasteiger partial charge is 0.493 e. The molecule has 1 N–H and O–H groups in total. The van der Waals surface area contributed by atoms with E-state index < -0.39 is 0 Å². The number of fused-ring (bicyclic) bond motifs is 2. The smallest absolute Gasteiger partial charge is 0.270 e. The number of benzene rings is 2. The number of ether oxygens (including phenoxy) is 2. The van der Waals surface area contributed by atoms with Crippen LogP contribution in [0.2, 0.25) is 0 Å². The molecule has 8 heteroatoms. The van der Waals surface area contributed by atoms with Crippen molar-refractivity contribution in [3.63, 3.8) is 0 Å². The number of aromatic nitrogens is 1. The highest BCUT2D eigenvalue weighted by molar-refractivity contribution is 5.95. The van der Waals surface area contributed by atoms with Crippen molar-refractivity contribution in [1.82, 2.24) is 14.8 Å². The molecule has 0 radical (unpaired) electrons. The Kier molecular flexibility index (Phi) is 5.30. The summed E-state index contributed by atoms with van der Waals surface area (Å²) in [6, 6.07) is 14.6. The molecule has 2 bridgehead atoms. The number of methoxy groups -OCH3 is 1. The van der Waals surface area contributed by atoms with Crippen LogP contribution in [0.5, 0.6) is 11.5 Å². The van der Waals surface area contributed by atoms with Crippen molar-refractivity contribution >= 4 is 11.6 Å². The van der Waals surface area contributed by atoms with E-state index in [1.807, 2.05) is 29.2 Å². The molecule has 0 saturated carbocycles. The summed E-state index contributed by atoms with van der Waals surface area (Å²) in [7, 11) is 3.99. The van der Waals surface area contributed by atoms with E-state index in [2.05, 4.69) is 47.0 Å². The molecule has 1 unspecified atom stereocenters. The minimum atomic E-state index is -0.133. The van der Waals surface area contributed by atoms with Gasteiger partial charge in [0.1, 0.15) is 11.8 Å². The number of H-pyrrole nitrogens is 1. The number of amides is 1. The number of anilines is 1. The Labute approximate surface area is 240 Å². The average molecular weight is 550 g/mol. The summed E-state index contributed by atoms with van der Waals surface area (Å²) in [5, 5.41) is 9.11. The lowest BCUT2D eigenvalue weighted by molar-refractivity contribution is -0.0256. The topological polar surface area (TPSA) is 84.8 Å². The van der Waals surface area contributed by atoms with Crippen LogP contribution in [0.1, 0.15) is 56.5 Å². The summed E-state index contributed by atoms with van der Waals surface area (Å²) < 4.78 is 12.7. The zero-order valence-corrected chi connectivity index (χ0v) is 23.9. The van der Waals surface area contributed by atoms with Gasteiger partial charge in [0, 0.05) is 48.9 Å². The molecule has 5 aliphatic rings. The summed E-state index contributed by atoms with van der Waals surface area (Å²) in [5.41, 5.74) is 8.56. The fourth-order valence-electron chi connectivity index (χ4n) is 8.72. The Morgan fingerprint density at radius 1 is 1.10 bits per heavy atom. The Morgan fingerprint density at radius 3 is 2.61 bits per heavy atom. The van der Waals surface area contributed by atoms with Gasteiger partial charge in [-0.05, 0) is 92.7 Å². The molecule has 2 saturated heterocycles. The van der Waals surface area contributed by atoms with Crippen LogP contribution in [-0.2, 0) is 18.3 Å². The molecule has 3 aliphatic heterocycles. The van der Waals surface area contributed by atoms with Crippen LogP contribution in [0.3, 0.4) is 0 Å². The number of piperazine rings is 1. The maximum atomic E-state index is 14.0. The Bertz CT molecular complexity index is 1610. The lowest BCUT2D eigenvalue weighted by atomic mass is 9.51. The molecule has 41 heavy (non-hydrogen) atoms. The number of nitrogens with one attached hydrogen (secondary N) is 1. The van der Waals surface area contributed by atoms with E-state index in [9.17, 15) is 4.79 Å². The fraction of sp³-hybridized carbons (Fsp3) is 0.455. The number of carbonyl (C=O) groups is 1. The predicted octanol–water partition coefficient (Wildman–Crippen LogP) is 3.97. The molecular weight excluding hydrogens is 514 g/mol. The van der Waals surface area contributed by atoms with Gasteiger partial charge in [-0.1, -0.05) is 6.07 Å². The summed E-state index contributed by atoms with van der Waals surface area (Å²) in [6.07, 6.45) is 2.90. The molecule has 2 aliphatic carbocycles. The first-order valence-corrected chi connectivity index (χ1v) is 14.8. The van der Waals surface area contributed by atoms with Gasteiger partial charge in [-0.15, -0.1) is 0 Å². The SMILES string of the molecule is COc1ccc2c3c1O[C@H]1c4[nH]c(C(=O)N5CCN(c6ccc(C#N)cc6)CC5)c(C)c4CC4[C@H](C2)N(C)CC[C@@]341. The summed E-state index contributed by atoms with van der Waals surface area (Å²) in [4.78, 5) is 24.5. The van der Waals surface area contributed by atoms with E-state index in [0.717, 1.165) is 67.3 Å². The number of carbonyl (C=O) groups excluding carboxylic acids is 1. The van der Waals surface area contributed by atoms with Gasteiger partial charge in [0.05, 0.1) is 24.4 Å². The highest BCUT2D eigenvalue weighted by Gasteiger charge is 2.65. The Hall–Kier alpha value is -3.96. The van der Waals surface area contributed by atoms with Gasteiger partial charge < -0.3 is 29.2 Å². The molecule has 8 nitrogen and oxygen atoms in total. The number of likely N-dealkylation sites (N-methyl/N-ethyl adjacent to an activating group) is 1. The highest BCUT2D eigenvalue weighted by Crippen LogP contribution is 2.67. The van der Waals surface area contributed by atoms with Crippen LogP contribution in [0.15, 0.2) is 36.4 Å². The van der Waals surface area contributed by atoms with Crippen molar-refractivity contribution in [2.24, 2.45) is 5.92 Å². The van der Waals surface area contributed by atoms with E-state index in [1.54, 1.807) is 7.11 Å². The Balaban J connectivity index is 1.12. The minimum Gasteiger partial charge on any atom is -0.493 e. The van der Waals surface area contributed by atoms with Crippen molar-refractivity contribution in [3.05, 3.63) is 75.6 Å². The van der Waals surface area contributed by atoms with Crippen molar-refractivity contribution in [3.8, 4) is 17.6 Å². The zero-order valence-electron chi connectivity index (χ0n) is 23.9. The van der Waals surface area contributed by atoms with Crippen LogP contribution in [-0.4, -0.2) is 73.6 Å². The van der Waals surface area contributed by atoms with Crippen molar-refractivity contribution in [2.75, 3.05) is 51.8 Å². The number of aromatic amines is 1. The van der Waals surface area contributed by atoms with Crippen LogP contribution in [0, 0.1) is 24.2 Å². The van der Waals surface area contributed by atoms with Gasteiger partial charge in [0.2, 0.25) is 0 Å². The third-order valence-electron chi connectivity index (χ3n) is 10.8. The van der Waals surface area contributed by atoms with E-state index in [-0.39, 0.29) is 17.4 Å². The summed E-state index contributed by atoms with van der Waals surface area (Å²) in [5.74, 6) is 2.23. The van der Waals surface area contributed by atoms with Crippen LogP contribution < -0.4 is 14.4 Å². The lowest BCUT2D eigenvalue weighted by Crippen LogP contribution is -2.62. The molecule has 2 aromatic carbocycles. The van der Waals surface area contributed by atoms with Crippen molar-refractivity contribution in [2.45, 2.75) is 43.7 Å². The van der Waals surface area contributed by atoms with Gasteiger partial charge >= 0.3 is 0 Å². The van der Waals surface area contributed by atoms with E-state index >= 15 is 0 Å². The van der Waals surface area contributed by atoms with Crippen LogP contribution in [0.25, 0.3) is 0 Å². The number of likely N-dealkylation sites (tertiary alicyclic amines) is 1. The molecule has 2 fully saturated rings. The molecule has 210 valence electrons. The first-order valence-electron chi connectivity index (χ1n) is 14.8. The highest BCUT2D eigenvalue weighted by atomic mass is 16.5. The number of piperidine rings is 1. The average Bonchev–Trinajstić information content (AvgIpc) is 3.53. The molecule has 4 atom stereocenters. The molecule has 1 spiro atoms. The third-order valence-corrected chi connectivity index (χ3v) is 10.8. The standard InChI is InChI=1S/C33H35N5O3/c1-19-23-17-24-25-16-21-6-9-26(40-3)30-27(21)33(24,10-11-36(25)2)31(41-30)29(23)35-28(19)32(39)38-14-12-37(13-15-38)22-7-4-20(18-34)5-8-22/h4-9,24-25,31,35H,10-17H2,1-3H3/t24?,25-,31-,33-/m0/s1. The number of rotatable bonds is 3. The first kappa shape index (κ1) is 24.8. The Morgan fingerprint density at radius 2 is 1.88 bits per heavy atom. The third kappa shape index (κ3) is 3.27. The molecular formula is C33H35N5O3.